The molecule has 0 aromatic heterocycles. The van der Waals surface area contributed by atoms with Crippen molar-refractivity contribution in [3.63, 3.8) is 0 Å². The normalized spacial score (nSPS) is 15.9. The van der Waals surface area contributed by atoms with Gasteiger partial charge in [0.25, 0.3) is 0 Å². The van der Waals surface area contributed by atoms with Crippen LogP contribution in [-0.2, 0) is 6.42 Å². The molecule has 0 aliphatic carbocycles. The van der Waals surface area contributed by atoms with E-state index in [0.29, 0.717) is 0 Å². The Morgan fingerprint density at radius 1 is 1.38 bits per heavy atom. The molecule has 68 valence electrons. The number of hydrogen-bond donors (Lipinski definition) is 1. The molecule has 0 bridgehead atoms. The summed E-state index contributed by atoms with van der Waals surface area (Å²) in [7, 11) is 0. The molecule has 0 saturated heterocycles. The van der Waals surface area contributed by atoms with Crippen LogP contribution >= 0.6 is 28.1 Å². The number of benzene rings is 1. The van der Waals surface area contributed by atoms with Crippen LogP contribution in [0.5, 0.6) is 0 Å². The molecule has 0 unspecified atom stereocenters. The molecule has 0 spiro atoms. The maximum atomic E-state index is 5.25. The molecule has 13 heavy (non-hydrogen) atoms. The van der Waals surface area contributed by atoms with Gasteiger partial charge in [-0.2, -0.15) is 0 Å². The fourth-order valence-corrected chi connectivity index (χ4v) is 2.12. The van der Waals surface area contributed by atoms with Crippen molar-refractivity contribution in [2.75, 3.05) is 11.9 Å². The Kier molecular flexibility index (Phi) is 2.65. The molecule has 3 heteroatoms. The van der Waals surface area contributed by atoms with Crippen LogP contribution in [0.4, 0.5) is 5.69 Å². The minimum atomic E-state index is 0.935. The van der Waals surface area contributed by atoms with Crippen molar-refractivity contribution in [3.8, 4) is 0 Å². The van der Waals surface area contributed by atoms with Gasteiger partial charge >= 0.3 is 0 Å². The van der Waals surface area contributed by atoms with Gasteiger partial charge in [-0.15, -0.1) is 0 Å². The molecule has 1 aromatic carbocycles. The van der Waals surface area contributed by atoms with Gasteiger partial charge < -0.3 is 5.32 Å². The van der Waals surface area contributed by atoms with Crippen molar-refractivity contribution >= 4 is 38.7 Å². The third kappa shape index (κ3) is 2.09. The zero-order valence-electron chi connectivity index (χ0n) is 7.14. The van der Waals surface area contributed by atoms with E-state index in [9.17, 15) is 0 Å². The fraction of sp³-hybridized carbons (Fsp3) is 0.300. The van der Waals surface area contributed by atoms with Crippen LogP contribution in [-0.4, -0.2) is 11.4 Å². The molecular formula is C10H10BrNS. The predicted octanol–water partition coefficient (Wildman–Crippen LogP) is 3.18. The minimum absolute atomic E-state index is 0.935. The predicted molar refractivity (Wildman–Crippen MR) is 63.6 cm³/mol. The van der Waals surface area contributed by atoms with Gasteiger partial charge in [-0.1, -0.05) is 34.2 Å². The summed E-state index contributed by atoms with van der Waals surface area (Å²) in [6.07, 6.45) is 1.94. The maximum Gasteiger partial charge on any atom is 0.0387 e. The summed E-state index contributed by atoms with van der Waals surface area (Å²) >= 11 is 8.71. The third-order valence-corrected chi connectivity index (χ3v) is 3.02. The maximum absolute atomic E-state index is 5.25. The van der Waals surface area contributed by atoms with Crippen molar-refractivity contribution in [2.45, 2.75) is 12.8 Å². The number of hydrogen-bond acceptors (Lipinski definition) is 2. The van der Waals surface area contributed by atoms with Gasteiger partial charge in [0.15, 0.2) is 0 Å². The molecule has 1 aliphatic rings. The molecule has 1 aliphatic heterocycles. The summed E-state index contributed by atoms with van der Waals surface area (Å²) in [5.41, 5.74) is 2.53. The first-order chi connectivity index (χ1) is 6.25. The Balaban J connectivity index is 2.40. The average Bonchev–Trinajstić information content (AvgIpc) is 2.25. The first kappa shape index (κ1) is 9.16. The van der Waals surface area contributed by atoms with Gasteiger partial charge in [-0.25, -0.2) is 0 Å². The molecule has 1 aromatic rings. The van der Waals surface area contributed by atoms with E-state index in [-0.39, 0.29) is 0 Å². The summed E-state index contributed by atoms with van der Waals surface area (Å²) in [4.78, 5) is 1.15. The van der Waals surface area contributed by atoms with Crippen LogP contribution in [0.25, 0.3) is 0 Å². The van der Waals surface area contributed by atoms with E-state index in [2.05, 4.69) is 39.4 Å². The molecule has 0 amide bonds. The zero-order valence-corrected chi connectivity index (χ0v) is 9.54. The van der Waals surface area contributed by atoms with Gasteiger partial charge in [0.2, 0.25) is 0 Å². The molecule has 0 atom stereocenters. The summed E-state index contributed by atoms with van der Waals surface area (Å²) in [6.45, 7) is 0.961. The summed E-state index contributed by atoms with van der Waals surface area (Å²) < 4.78 is 1.12. The van der Waals surface area contributed by atoms with E-state index in [0.717, 1.165) is 28.7 Å². The quantitative estimate of drug-likeness (QED) is 0.715. The molecule has 0 radical (unpaired) electrons. The lowest BCUT2D eigenvalue weighted by molar-refractivity contribution is 1.13. The van der Waals surface area contributed by atoms with E-state index in [4.69, 9.17) is 12.2 Å². The van der Waals surface area contributed by atoms with Gasteiger partial charge in [-0.3, -0.25) is 0 Å². The Labute approximate surface area is 91.7 Å². The van der Waals surface area contributed by atoms with Crippen LogP contribution in [0.15, 0.2) is 22.7 Å². The second kappa shape index (κ2) is 3.76. The second-order valence-corrected chi connectivity index (χ2v) is 4.69. The number of nitrogens with one attached hydrogen (secondary N) is 1. The topological polar surface area (TPSA) is 12.0 Å². The molecule has 2 rings (SSSR count). The minimum Gasteiger partial charge on any atom is -0.384 e. The third-order valence-electron chi connectivity index (χ3n) is 2.18. The van der Waals surface area contributed by atoms with E-state index < -0.39 is 0 Å². The molecule has 0 fully saturated rings. The summed E-state index contributed by atoms with van der Waals surface area (Å²) in [5.74, 6) is 0. The standard InChI is InChI=1S/C10H10BrNS/c11-8-2-1-7-5-9(13)3-4-12-10(7)6-8/h1-2,6,12H,3-5H2. The van der Waals surface area contributed by atoms with Crippen LogP contribution in [0.3, 0.4) is 0 Å². The van der Waals surface area contributed by atoms with Crippen molar-refractivity contribution in [1.29, 1.82) is 0 Å². The number of anilines is 1. The van der Waals surface area contributed by atoms with Gasteiger partial charge in [-0.05, 0) is 29.0 Å². The van der Waals surface area contributed by atoms with Gasteiger partial charge in [0, 0.05) is 23.1 Å². The Morgan fingerprint density at radius 2 is 2.23 bits per heavy atom. The highest BCUT2D eigenvalue weighted by molar-refractivity contribution is 9.10. The monoisotopic (exact) mass is 255 g/mol. The number of fused-ring (bicyclic) bond motifs is 1. The molecule has 1 N–H and O–H groups in total. The number of halogens is 1. The lowest BCUT2D eigenvalue weighted by Gasteiger charge is -2.06. The SMILES string of the molecule is S=C1CCNc2cc(Br)ccc2C1. The van der Waals surface area contributed by atoms with Crippen LogP contribution < -0.4 is 5.32 Å². The summed E-state index contributed by atoms with van der Waals surface area (Å²) in [6, 6.07) is 6.31. The Morgan fingerprint density at radius 3 is 3.08 bits per heavy atom. The van der Waals surface area contributed by atoms with E-state index >= 15 is 0 Å². The highest BCUT2D eigenvalue weighted by atomic mass is 79.9. The zero-order chi connectivity index (χ0) is 9.26. The first-order valence-electron chi connectivity index (χ1n) is 4.30. The lowest BCUT2D eigenvalue weighted by atomic mass is 10.1. The molecule has 1 nitrogen and oxygen atoms in total. The van der Waals surface area contributed by atoms with Gasteiger partial charge in [0.1, 0.15) is 0 Å². The van der Waals surface area contributed by atoms with Crippen LogP contribution in [0, 0.1) is 0 Å². The van der Waals surface area contributed by atoms with E-state index in [1.807, 2.05) is 0 Å². The summed E-state index contributed by atoms with van der Waals surface area (Å²) in [5, 5.41) is 3.38. The van der Waals surface area contributed by atoms with Crippen molar-refractivity contribution < 1.29 is 0 Å². The number of thiocarbonyl (C=S) groups is 1. The highest BCUT2D eigenvalue weighted by Gasteiger charge is 2.09. The number of rotatable bonds is 0. The van der Waals surface area contributed by atoms with Crippen molar-refractivity contribution in [1.82, 2.24) is 0 Å². The van der Waals surface area contributed by atoms with Gasteiger partial charge in [0.05, 0.1) is 0 Å². The van der Waals surface area contributed by atoms with Crippen LogP contribution in [0.2, 0.25) is 0 Å². The van der Waals surface area contributed by atoms with Crippen molar-refractivity contribution in [2.24, 2.45) is 0 Å². The smallest absolute Gasteiger partial charge is 0.0387 e. The second-order valence-electron chi connectivity index (χ2n) is 3.19. The first-order valence-corrected chi connectivity index (χ1v) is 5.50. The van der Waals surface area contributed by atoms with E-state index in [1.54, 1.807) is 0 Å². The highest BCUT2D eigenvalue weighted by Crippen LogP contribution is 2.24. The van der Waals surface area contributed by atoms with Crippen molar-refractivity contribution in [3.05, 3.63) is 28.2 Å². The molecule has 0 saturated carbocycles. The molecular weight excluding hydrogens is 246 g/mol. The van der Waals surface area contributed by atoms with E-state index in [1.165, 1.54) is 11.3 Å². The largest absolute Gasteiger partial charge is 0.384 e. The molecule has 1 heterocycles. The fourth-order valence-electron chi connectivity index (χ4n) is 1.50. The Bertz CT molecular complexity index is 349. The average molecular weight is 256 g/mol. The lowest BCUT2D eigenvalue weighted by Crippen LogP contribution is -2.02. The van der Waals surface area contributed by atoms with Crippen LogP contribution in [0.1, 0.15) is 12.0 Å². The Hall–Kier alpha value is -0.410.